The zero-order valence-electron chi connectivity index (χ0n) is 44.6. The monoisotopic (exact) mass is 940 g/mol. The molecular formula is C61H113NO5. The molecule has 0 aromatic heterocycles. The summed E-state index contributed by atoms with van der Waals surface area (Å²) in [5, 5.41) is 23.1. The van der Waals surface area contributed by atoms with E-state index in [4.69, 9.17) is 4.74 Å². The molecule has 6 nitrogen and oxygen atoms in total. The molecule has 392 valence electrons. The number of nitrogens with one attached hydrogen (secondary N) is 1. The third-order valence-corrected chi connectivity index (χ3v) is 13.3. The first-order valence-electron chi connectivity index (χ1n) is 29.4. The van der Waals surface area contributed by atoms with E-state index in [-0.39, 0.29) is 18.5 Å². The molecule has 6 heteroatoms. The Hall–Kier alpha value is -2.18. The molecule has 0 bridgehead atoms. The molecule has 0 aliphatic rings. The van der Waals surface area contributed by atoms with Crippen LogP contribution in [0, 0.1) is 0 Å². The normalized spacial score (nSPS) is 13.0. The van der Waals surface area contributed by atoms with E-state index < -0.39 is 12.1 Å². The molecule has 2 unspecified atom stereocenters. The van der Waals surface area contributed by atoms with Gasteiger partial charge in [0, 0.05) is 12.8 Å². The molecule has 2 atom stereocenters. The van der Waals surface area contributed by atoms with Gasteiger partial charge in [0.1, 0.15) is 0 Å². The van der Waals surface area contributed by atoms with Gasteiger partial charge in [-0.05, 0) is 89.9 Å². The Morgan fingerprint density at radius 2 is 0.746 bits per heavy atom. The summed E-state index contributed by atoms with van der Waals surface area (Å²) in [6.07, 6.45) is 71.4. The standard InChI is InChI=1S/C61H113NO5/c1-3-5-7-9-11-13-15-17-26-31-35-39-43-47-51-55-61(66)67-56-52-48-44-40-36-32-28-25-23-21-19-18-20-22-24-27-30-34-38-42-46-50-54-60(65)62-58(57-63)59(64)53-49-45-41-37-33-29-16-14-12-10-8-6-4-2/h11,13,17,20,22,26,49,53,58-59,63-64H,3-10,12,14-16,18-19,21,23-25,27-48,50-52,54-57H2,1-2H3,(H,62,65)/b13-11-,22-20-,26-17-,53-49+. The quantitative estimate of drug-likeness (QED) is 0.0321. The van der Waals surface area contributed by atoms with Crippen LogP contribution in [-0.4, -0.2) is 47.4 Å². The van der Waals surface area contributed by atoms with Gasteiger partial charge in [-0.1, -0.05) is 249 Å². The van der Waals surface area contributed by atoms with Crippen molar-refractivity contribution >= 4 is 11.9 Å². The van der Waals surface area contributed by atoms with E-state index in [1.165, 1.54) is 218 Å². The number of carbonyl (C=O) groups excluding carboxylic acids is 2. The predicted octanol–water partition coefficient (Wildman–Crippen LogP) is 18.2. The van der Waals surface area contributed by atoms with Crippen molar-refractivity contribution in [2.45, 2.75) is 315 Å². The fourth-order valence-corrected chi connectivity index (χ4v) is 8.78. The summed E-state index contributed by atoms with van der Waals surface area (Å²) in [5.41, 5.74) is 0. The molecule has 1 amide bonds. The Morgan fingerprint density at radius 1 is 0.418 bits per heavy atom. The van der Waals surface area contributed by atoms with Gasteiger partial charge in [-0.3, -0.25) is 9.59 Å². The predicted molar refractivity (Wildman–Crippen MR) is 292 cm³/mol. The molecular weight excluding hydrogens is 827 g/mol. The van der Waals surface area contributed by atoms with E-state index in [0.29, 0.717) is 19.4 Å². The zero-order chi connectivity index (χ0) is 48.6. The fraction of sp³-hybridized carbons (Fsp3) is 0.836. The van der Waals surface area contributed by atoms with Crippen LogP contribution in [0.15, 0.2) is 48.6 Å². The molecule has 0 spiro atoms. The van der Waals surface area contributed by atoms with Crippen LogP contribution >= 0.6 is 0 Å². The third kappa shape index (κ3) is 53.0. The highest BCUT2D eigenvalue weighted by molar-refractivity contribution is 5.76. The van der Waals surface area contributed by atoms with E-state index in [0.717, 1.165) is 57.8 Å². The van der Waals surface area contributed by atoms with Crippen LogP contribution in [0.1, 0.15) is 303 Å². The summed E-state index contributed by atoms with van der Waals surface area (Å²) in [6.45, 7) is 4.86. The number of amides is 1. The van der Waals surface area contributed by atoms with Crippen LogP contribution in [0.4, 0.5) is 0 Å². The highest BCUT2D eigenvalue weighted by Gasteiger charge is 2.18. The average molecular weight is 941 g/mol. The summed E-state index contributed by atoms with van der Waals surface area (Å²) in [4.78, 5) is 24.5. The molecule has 0 saturated heterocycles. The number of carbonyl (C=O) groups is 2. The molecule has 0 heterocycles. The van der Waals surface area contributed by atoms with Crippen molar-refractivity contribution in [2.75, 3.05) is 13.2 Å². The largest absolute Gasteiger partial charge is 0.466 e. The highest BCUT2D eigenvalue weighted by atomic mass is 16.5. The van der Waals surface area contributed by atoms with E-state index in [2.05, 4.69) is 55.6 Å². The second-order valence-electron chi connectivity index (χ2n) is 20.0. The van der Waals surface area contributed by atoms with Crippen molar-refractivity contribution in [3.63, 3.8) is 0 Å². The Balaban J connectivity index is 3.44. The molecule has 67 heavy (non-hydrogen) atoms. The number of ether oxygens (including phenoxy) is 1. The van der Waals surface area contributed by atoms with Crippen LogP contribution in [0.3, 0.4) is 0 Å². The van der Waals surface area contributed by atoms with Crippen molar-refractivity contribution in [1.82, 2.24) is 5.32 Å². The minimum Gasteiger partial charge on any atom is -0.466 e. The number of hydrogen-bond donors (Lipinski definition) is 3. The smallest absolute Gasteiger partial charge is 0.305 e. The van der Waals surface area contributed by atoms with Gasteiger partial charge in [0.15, 0.2) is 0 Å². The summed E-state index contributed by atoms with van der Waals surface area (Å²) >= 11 is 0. The van der Waals surface area contributed by atoms with E-state index >= 15 is 0 Å². The van der Waals surface area contributed by atoms with Crippen molar-refractivity contribution in [3.8, 4) is 0 Å². The maximum Gasteiger partial charge on any atom is 0.305 e. The lowest BCUT2D eigenvalue weighted by Crippen LogP contribution is -2.45. The molecule has 0 radical (unpaired) electrons. The summed E-state index contributed by atoms with van der Waals surface area (Å²) in [7, 11) is 0. The van der Waals surface area contributed by atoms with Crippen LogP contribution in [0.2, 0.25) is 0 Å². The van der Waals surface area contributed by atoms with E-state index in [1.807, 2.05) is 6.08 Å². The van der Waals surface area contributed by atoms with Gasteiger partial charge in [0.25, 0.3) is 0 Å². The maximum absolute atomic E-state index is 12.4. The molecule has 0 aliphatic carbocycles. The molecule has 0 aliphatic heterocycles. The number of esters is 1. The van der Waals surface area contributed by atoms with Gasteiger partial charge in [0.05, 0.1) is 25.4 Å². The van der Waals surface area contributed by atoms with Gasteiger partial charge >= 0.3 is 5.97 Å². The van der Waals surface area contributed by atoms with Crippen LogP contribution in [0.25, 0.3) is 0 Å². The molecule has 0 fully saturated rings. The first-order chi connectivity index (χ1) is 33.0. The molecule has 0 aromatic carbocycles. The first kappa shape index (κ1) is 64.8. The molecule has 3 N–H and O–H groups in total. The van der Waals surface area contributed by atoms with Crippen molar-refractivity contribution < 1.29 is 24.5 Å². The minimum atomic E-state index is -0.849. The zero-order valence-corrected chi connectivity index (χ0v) is 44.6. The lowest BCUT2D eigenvalue weighted by atomic mass is 10.0. The Morgan fingerprint density at radius 3 is 1.18 bits per heavy atom. The highest BCUT2D eigenvalue weighted by Crippen LogP contribution is 2.16. The van der Waals surface area contributed by atoms with E-state index in [1.54, 1.807) is 6.08 Å². The molecule has 0 rings (SSSR count). The maximum atomic E-state index is 12.4. The number of rotatable bonds is 54. The van der Waals surface area contributed by atoms with Gasteiger partial charge in [-0.15, -0.1) is 0 Å². The lowest BCUT2D eigenvalue weighted by molar-refractivity contribution is -0.143. The number of aliphatic hydroxyl groups is 2. The van der Waals surface area contributed by atoms with Crippen molar-refractivity contribution in [1.29, 1.82) is 0 Å². The van der Waals surface area contributed by atoms with E-state index in [9.17, 15) is 19.8 Å². The average Bonchev–Trinajstić information content (AvgIpc) is 3.33. The van der Waals surface area contributed by atoms with Crippen LogP contribution in [0.5, 0.6) is 0 Å². The van der Waals surface area contributed by atoms with Crippen LogP contribution in [-0.2, 0) is 14.3 Å². The number of hydrogen-bond acceptors (Lipinski definition) is 5. The number of unbranched alkanes of at least 4 members (excludes halogenated alkanes) is 37. The van der Waals surface area contributed by atoms with Crippen molar-refractivity contribution in [2.24, 2.45) is 0 Å². The fourth-order valence-electron chi connectivity index (χ4n) is 8.78. The Labute approximate surface area is 416 Å². The number of allylic oxidation sites excluding steroid dienone is 7. The van der Waals surface area contributed by atoms with Crippen LogP contribution < -0.4 is 5.32 Å². The topological polar surface area (TPSA) is 95.9 Å². The number of aliphatic hydroxyl groups excluding tert-OH is 2. The molecule has 0 saturated carbocycles. The van der Waals surface area contributed by atoms with Gasteiger partial charge in [-0.25, -0.2) is 0 Å². The Kier molecular flexibility index (Phi) is 54.6. The molecule has 0 aromatic rings. The first-order valence-corrected chi connectivity index (χ1v) is 29.4. The van der Waals surface area contributed by atoms with Crippen molar-refractivity contribution in [3.05, 3.63) is 48.6 Å². The second-order valence-corrected chi connectivity index (χ2v) is 20.0. The SMILES string of the molecule is CCCCC/C=C\C/C=C\CCCCCCCC(=O)OCCCCCCCCCCCCC/C=C\CCCCCCCCCC(=O)NC(CO)C(O)/C=C/CCCCCCCCCCCCC. The summed E-state index contributed by atoms with van der Waals surface area (Å²) in [5.74, 6) is -0.0811. The minimum absolute atomic E-state index is 0.00520. The lowest BCUT2D eigenvalue weighted by Gasteiger charge is -2.20. The third-order valence-electron chi connectivity index (χ3n) is 13.3. The van der Waals surface area contributed by atoms with Gasteiger partial charge in [-0.2, -0.15) is 0 Å². The van der Waals surface area contributed by atoms with Gasteiger partial charge in [0.2, 0.25) is 5.91 Å². The van der Waals surface area contributed by atoms with Gasteiger partial charge < -0.3 is 20.3 Å². The summed E-state index contributed by atoms with van der Waals surface area (Å²) in [6, 6.07) is -0.633. The second kappa shape index (κ2) is 56.4. The summed E-state index contributed by atoms with van der Waals surface area (Å²) < 4.78 is 5.47. The Bertz CT molecular complexity index is 1130.